The number of allylic oxidation sites excluding steroid dienone is 1. The van der Waals surface area contributed by atoms with Crippen molar-refractivity contribution in [1.29, 1.82) is 0 Å². The van der Waals surface area contributed by atoms with Gasteiger partial charge in [0.05, 0.1) is 0 Å². The van der Waals surface area contributed by atoms with Crippen LogP contribution in [0.2, 0.25) is 0 Å². The third-order valence-corrected chi connectivity index (χ3v) is 4.75. The number of aliphatic hydroxyl groups is 1. The van der Waals surface area contributed by atoms with E-state index in [1.807, 2.05) is 6.07 Å². The molecule has 1 aromatic carbocycles. The minimum atomic E-state index is -0.308. The third-order valence-electron chi connectivity index (χ3n) is 2.40. The first-order valence-corrected chi connectivity index (χ1v) is 7.84. The van der Waals surface area contributed by atoms with E-state index in [1.54, 1.807) is 0 Å². The van der Waals surface area contributed by atoms with E-state index in [4.69, 9.17) is 0 Å². The van der Waals surface area contributed by atoms with Gasteiger partial charge in [-0.2, -0.15) is 0 Å². The summed E-state index contributed by atoms with van der Waals surface area (Å²) in [6, 6.07) is 10.4. The SMILES string of the molecule is CC(C)/C=C(/[Se]c1ccccc1)C(O)C(C)C. The maximum absolute atomic E-state index is 10.2. The zero-order valence-corrected chi connectivity index (χ0v) is 12.8. The number of rotatable bonds is 5. The molecule has 0 bridgehead atoms. The molecule has 2 heteroatoms. The predicted octanol–water partition coefficient (Wildman–Crippen LogP) is 2.57. The molecule has 0 fully saturated rings. The van der Waals surface area contributed by atoms with Gasteiger partial charge in [0.25, 0.3) is 0 Å². The molecular weight excluding hydrogens is 275 g/mol. The van der Waals surface area contributed by atoms with Crippen LogP contribution < -0.4 is 4.46 Å². The third kappa shape index (κ3) is 5.08. The molecule has 1 unspecified atom stereocenters. The van der Waals surface area contributed by atoms with Gasteiger partial charge in [0.2, 0.25) is 0 Å². The van der Waals surface area contributed by atoms with Crippen molar-refractivity contribution in [3.8, 4) is 0 Å². The van der Waals surface area contributed by atoms with Gasteiger partial charge in [0.15, 0.2) is 0 Å². The van der Waals surface area contributed by atoms with E-state index >= 15 is 0 Å². The van der Waals surface area contributed by atoms with Crippen molar-refractivity contribution in [3.63, 3.8) is 0 Å². The molecule has 0 aliphatic carbocycles. The number of hydrogen-bond acceptors (Lipinski definition) is 1. The molecule has 1 atom stereocenters. The van der Waals surface area contributed by atoms with Crippen molar-refractivity contribution >= 4 is 19.4 Å². The van der Waals surface area contributed by atoms with E-state index in [9.17, 15) is 5.11 Å². The Morgan fingerprint density at radius 3 is 2.18 bits per heavy atom. The van der Waals surface area contributed by atoms with Crippen LogP contribution >= 0.6 is 0 Å². The Morgan fingerprint density at radius 1 is 1.12 bits per heavy atom. The van der Waals surface area contributed by atoms with Crippen LogP contribution in [0.15, 0.2) is 40.9 Å². The monoisotopic (exact) mass is 298 g/mol. The van der Waals surface area contributed by atoms with Gasteiger partial charge in [-0.25, -0.2) is 0 Å². The minimum absolute atomic E-state index is 0.231. The first-order chi connectivity index (χ1) is 8.00. The molecule has 0 saturated heterocycles. The molecule has 0 amide bonds. The summed E-state index contributed by atoms with van der Waals surface area (Å²) in [6.45, 7) is 8.46. The van der Waals surface area contributed by atoms with Gasteiger partial charge in [-0.3, -0.25) is 0 Å². The zero-order valence-electron chi connectivity index (χ0n) is 11.1. The van der Waals surface area contributed by atoms with Gasteiger partial charge in [-0.05, 0) is 0 Å². The summed E-state index contributed by atoms with van der Waals surface area (Å²) >= 11 is 0.231. The Kier molecular flexibility index (Phi) is 5.97. The topological polar surface area (TPSA) is 20.2 Å². The van der Waals surface area contributed by atoms with Crippen LogP contribution in [0.25, 0.3) is 0 Å². The van der Waals surface area contributed by atoms with Crippen LogP contribution in [0, 0.1) is 11.8 Å². The molecule has 0 saturated carbocycles. The molecule has 1 N–H and O–H groups in total. The van der Waals surface area contributed by atoms with Gasteiger partial charge in [-0.15, -0.1) is 0 Å². The molecule has 17 heavy (non-hydrogen) atoms. The van der Waals surface area contributed by atoms with E-state index in [1.165, 1.54) is 8.93 Å². The van der Waals surface area contributed by atoms with Crippen LogP contribution in [0.5, 0.6) is 0 Å². The molecule has 0 aliphatic heterocycles. The average molecular weight is 297 g/mol. The summed E-state index contributed by atoms with van der Waals surface area (Å²) in [5, 5.41) is 10.2. The van der Waals surface area contributed by atoms with Crippen molar-refractivity contribution in [2.45, 2.75) is 33.8 Å². The second-order valence-electron chi connectivity index (χ2n) is 4.92. The predicted molar refractivity (Wildman–Crippen MR) is 75.6 cm³/mol. The molecule has 1 aromatic rings. The molecule has 94 valence electrons. The van der Waals surface area contributed by atoms with Gasteiger partial charge in [-0.1, -0.05) is 0 Å². The molecular formula is C15H22OSe. The Morgan fingerprint density at radius 2 is 1.71 bits per heavy atom. The molecule has 0 aromatic heterocycles. The van der Waals surface area contributed by atoms with E-state index in [0.717, 1.165) is 0 Å². The summed E-state index contributed by atoms with van der Waals surface area (Å²) in [6.07, 6.45) is 1.91. The van der Waals surface area contributed by atoms with E-state index < -0.39 is 0 Å². The maximum atomic E-state index is 10.2. The number of hydrogen-bond donors (Lipinski definition) is 1. The molecule has 0 radical (unpaired) electrons. The Bertz CT molecular complexity index is 354. The van der Waals surface area contributed by atoms with Crippen LogP contribution in [-0.4, -0.2) is 26.2 Å². The number of aliphatic hydroxyl groups excluding tert-OH is 1. The van der Waals surface area contributed by atoms with Crippen molar-refractivity contribution in [3.05, 3.63) is 40.9 Å². The van der Waals surface area contributed by atoms with E-state index in [2.05, 4.69) is 58.0 Å². The van der Waals surface area contributed by atoms with Crippen molar-refractivity contribution in [2.24, 2.45) is 11.8 Å². The van der Waals surface area contributed by atoms with Gasteiger partial charge < -0.3 is 0 Å². The van der Waals surface area contributed by atoms with Crippen LogP contribution in [0.4, 0.5) is 0 Å². The van der Waals surface area contributed by atoms with Crippen molar-refractivity contribution in [2.75, 3.05) is 0 Å². The molecule has 0 spiro atoms. The van der Waals surface area contributed by atoms with Crippen molar-refractivity contribution in [1.82, 2.24) is 0 Å². The van der Waals surface area contributed by atoms with Crippen molar-refractivity contribution < 1.29 is 5.11 Å². The van der Waals surface area contributed by atoms with E-state index in [-0.39, 0.29) is 27.0 Å². The van der Waals surface area contributed by atoms with Crippen LogP contribution in [0.1, 0.15) is 27.7 Å². The molecule has 1 rings (SSSR count). The first-order valence-electron chi connectivity index (χ1n) is 6.13. The second-order valence-corrected chi connectivity index (χ2v) is 7.32. The molecule has 1 nitrogen and oxygen atoms in total. The van der Waals surface area contributed by atoms with Crippen LogP contribution in [0.3, 0.4) is 0 Å². The first kappa shape index (κ1) is 14.5. The normalized spacial score (nSPS) is 14.4. The Labute approximate surface area is 111 Å². The molecule has 0 heterocycles. The second kappa shape index (κ2) is 7.00. The average Bonchev–Trinajstić information content (AvgIpc) is 2.28. The summed E-state index contributed by atoms with van der Waals surface area (Å²) in [5.41, 5.74) is 0. The fourth-order valence-corrected chi connectivity index (χ4v) is 4.20. The van der Waals surface area contributed by atoms with Gasteiger partial charge in [0, 0.05) is 0 Å². The summed E-state index contributed by atoms with van der Waals surface area (Å²) in [5.74, 6) is 0.773. The van der Waals surface area contributed by atoms with Gasteiger partial charge in [0.1, 0.15) is 0 Å². The summed E-state index contributed by atoms with van der Waals surface area (Å²) in [4.78, 5) is 0. The van der Waals surface area contributed by atoms with Gasteiger partial charge >= 0.3 is 111 Å². The summed E-state index contributed by atoms with van der Waals surface area (Å²) in [7, 11) is 0. The zero-order chi connectivity index (χ0) is 12.8. The Hall–Kier alpha value is -0.561. The van der Waals surface area contributed by atoms with E-state index in [0.29, 0.717) is 5.92 Å². The number of benzene rings is 1. The quantitative estimate of drug-likeness (QED) is 0.828. The fraction of sp³-hybridized carbons (Fsp3) is 0.467. The standard InChI is InChI=1S/C15H22OSe/c1-11(2)10-14(15(16)12(3)4)17-13-8-6-5-7-9-13/h5-12,15-16H,1-4H3/b14-10+. The summed E-state index contributed by atoms with van der Waals surface area (Å²) < 4.78 is 2.53. The Balaban J connectivity index is 2.85. The van der Waals surface area contributed by atoms with Crippen LogP contribution in [-0.2, 0) is 0 Å². The fourth-order valence-electron chi connectivity index (χ4n) is 1.47. The molecule has 0 aliphatic rings.